The van der Waals surface area contributed by atoms with Crippen molar-refractivity contribution in [1.82, 2.24) is 9.62 Å². The highest BCUT2D eigenvalue weighted by Gasteiger charge is 2.39. The summed E-state index contributed by atoms with van der Waals surface area (Å²) in [6, 6.07) is 10.5. The molecule has 1 aliphatic heterocycles. The van der Waals surface area contributed by atoms with Gasteiger partial charge < -0.3 is 10.6 Å². The number of anilines is 1. The lowest BCUT2D eigenvalue weighted by molar-refractivity contribution is -0.119. The summed E-state index contributed by atoms with van der Waals surface area (Å²) < 4.78 is 40.2. The molecule has 2 aromatic carbocycles. The van der Waals surface area contributed by atoms with Gasteiger partial charge in [0, 0.05) is 23.8 Å². The van der Waals surface area contributed by atoms with Gasteiger partial charge >= 0.3 is 0 Å². The minimum Gasteiger partial charge on any atom is -0.349 e. The molecule has 7 nitrogen and oxygen atoms in total. The van der Waals surface area contributed by atoms with Crippen molar-refractivity contribution in [3.63, 3.8) is 0 Å². The van der Waals surface area contributed by atoms with Crippen molar-refractivity contribution in [1.29, 1.82) is 0 Å². The van der Waals surface area contributed by atoms with Crippen molar-refractivity contribution in [3.05, 3.63) is 59.9 Å². The molecule has 2 aliphatic rings. The molecule has 1 atom stereocenters. The standard InChI is InChI=1S/C21H22FN3O4S/c22-15-6-10-18(11-7-15)30(28,29)25-12-2-5-19(25)21(27)24-17-4-1-3-14(13-17)20(26)23-16-8-9-16/h1,3-4,6-7,10-11,13,16,19H,2,5,8-9,12H2,(H,23,26)(H,24,27). The van der Waals surface area contributed by atoms with Crippen LogP contribution in [-0.2, 0) is 14.8 Å². The second-order valence-corrected chi connectivity index (χ2v) is 9.44. The molecule has 0 radical (unpaired) electrons. The third-order valence-electron chi connectivity index (χ3n) is 5.23. The number of hydrogen-bond acceptors (Lipinski definition) is 4. The van der Waals surface area contributed by atoms with Crippen LogP contribution < -0.4 is 10.6 Å². The van der Waals surface area contributed by atoms with Crippen LogP contribution in [0, 0.1) is 5.82 Å². The highest BCUT2D eigenvalue weighted by molar-refractivity contribution is 7.89. The summed E-state index contributed by atoms with van der Waals surface area (Å²) in [5.41, 5.74) is 0.858. The number of hydrogen-bond donors (Lipinski definition) is 2. The van der Waals surface area contributed by atoms with E-state index in [0.29, 0.717) is 24.1 Å². The maximum atomic E-state index is 13.2. The maximum Gasteiger partial charge on any atom is 0.251 e. The van der Waals surface area contributed by atoms with Crippen LogP contribution in [0.3, 0.4) is 0 Å². The van der Waals surface area contributed by atoms with Crippen LogP contribution >= 0.6 is 0 Å². The molecule has 4 rings (SSSR count). The van der Waals surface area contributed by atoms with E-state index in [4.69, 9.17) is 0 Å². The molecule has 1 saturated carbocycles. The summed E-state index contributed by atoms with van der Waals surface area (Å²) >= 11 is 0. The number of sulfonamides is 1. The first-order valence-electron chi connectivity index (χ1n) is 9.84. The highest BCUT2D eigenvalue weighted by Crippen LogP contribution is 2.27. The fourth-order valence-electron chi connectivity index (χ4n) is 3.49. The van der Waals surface area contributed by atoms with E-state index in [1.54, 1.807) is 24.3 Å². The van der Waals surface area contributed by atoms with Crippen molar-refractivity contribution in [3.8, 4) is 0 Å². The Morgan fingerprint density at radius 2 is 1.77 bits per heavy atom. The molecule has 2 N–H and O–H groups in total. The Kier molecular flexibility index (Phi) is 5.57. The highest BCUT2D eigenvalue weighted by atomic mass is 32.2. The Bertz CT molecular complexity index is 1070. The Labute approximate surface area is 174 Å². The first-order chi connectivity index (χ1) is 14.3. The van der Waals surface area contributed by atoms with Crippen molar-refractivity contribution >= 4 is 27.5 Å². The summed E-state index contributed by atoms with van der Waals surface area (Å²) in [5.74, 6) is -1.19. The van der Waals surface area contributed by atoms with Crippen molar-refractivity contribution in [2.24, 2.45) is 0 Å². The van der Waals surface area contributed by atoms with Gasteiger partial charge in [0.25, 0.3) is 5.91 Å². The monoisotopic (exact) mass is 431 g/mol. The molecule has 0 spiro atoms. The lowest BCUT2D eigenvalue weighted by Crippen LogP contribution is -2.43. The van der Waals surface area contributed by atoms with E-state index in [1.165, 1.54) is 12.1 Å². The average molecular weight is 431 g/mol. The topological polar surface area (TPSA) is 95.6 Å². The quantitative estimate of drug-likeness (QED) is 0.735. The summed E-state index contributed by atoms with van der Waals surface area (Å²) in [6.45, 7) is 0.210. The molecule has 2 aromatic rings. The fraction of sp³-hybridized carbons (Fsp3) is 0.333. The van der Waals surface area contributed by atoms with Crippen LogP contribution in [0.4, 0.5) is 10.1 Å². The minimum absolute atomic E-state index is 0.0534. The molecule has 1 aliphatic carbocycles. The largest absolute Gasteiger partial charge is 0.349 e. The molecule has 0 aromatic heterocycles. The number of nitrogens with zero attached hydrogens (tertiary/aromatic N) is 1. The molecule has 30 heavy (non-hydrogen) atoms. The van der Waals surface area contributed by atoms with Crippen LogP contribution in [-0.4, -0.2) is 43.2 Å². The van der Waals surface area contributed by atoms with Crippen molar-refractivity contribution in [2.45, 2.75) is 42.7 Å². The average Bonchev–Trinajstić information content (AvgIpc) is 3.38. The molecule has 2 fully saturated rings. The van der Waals surface area contributed by atoms with Crippen molar-refractivity contribution < 1.29 is 22.4 Å². The number of benzene rings is 2. The predicted octanol–water partition coefficient (Wildman–Crippen LogP) is 2.51. The van der Waals surface area contributed by atoms with Gasteiger partial charge in [-0.3, -0.25) is 9.59 Å². The van der Waals surface area contributed by atoms with Gasteiger partial charge in [-0.2, -0.15) is 4.31 Å². The molecule has 9 heteroatoms. The molecule has 1 unspecified atom stereocenters. The van der Waals surface area contributed by atoms with E-state index in [1.807, 2.05) is 0 Å². The lowest BCUT2D eigenvalue weighted by atomic mass is 10.1. The van der Waals surface area contributed by atoms with E-state index < -0.39 is 27.8 Å². The van der Waals surface area contributed by atoms with Crippen LogP contribution in [0.2, 0.25) is 0 Å². The Morgan fingerprint density at radius 1 is 1.03 bits per heavy atom. The normalized spacial score (nSPS) is 19.4. The van der Waals surface area contributed by atoms with Gasteiger partial charge in [-0.15, -0.1) is 0 Å². The predicted molar refractivity (Wildman–Crippen MR) is 109 cm³/mol. The smallest absolute Gasteiger partial charge is 0.251 e. The molecule has 158 valence electrons. The SMILES string of the molecule is O=C(NC1CC1)c1cccc(NC(=O)C2CCCN2S(=O)(=O)c2ccc(F)cc2)c1. The van der Waals surface area contributed by atoms with Gasteiger partial charge in [0.15, 0.2) is 0 Å². The summed E-state index contributed by atoms with van der Waals surface area (Å²) in [5, 5.41) is 5.61. The van der Waals surface area contributed by atoms with E-state index in [2.05, 4.69) is 10.6 Å². The molecule has 2 amide bonds. The van der Waals surface area contributed by atoms with Crippen LogP contribution in [0.15, 0.2) is 53.4 Å². The summed E-state index contributed by atoms with van der Waals surface area (Å²) in [6.07, 6.45) is 2.88. The second kappa shape index (κ2) is 8.16. The van der Waals surface area contributed by atoms with Crippen molar-refractivity contribution in [2.75, 3.05) is 11.9 Å². The molecular weight excluding hydrogens is 409 g/mol. The van der Waals surface area contributed by atoms with E-state index in [0.717, 1.165) is 29.3 Å². The number of amides is 2. The summed E-state index contributed by atoms with van der Waals surface area (Å²) in [7, 11) is -3.93. The van der Waals surface area contributed by atoms with Gasteiger partial charge in [0.05, 0.1) is 4.90 Å². The number of carbonyl (C=O) groups is 2. The van der Waals surface area contributed by atoms with Gasteiger partial charge in [0.2, 0.25) is 15.9 Å². The van der Waals surface area contributed by atoms with E-state index in [9.17, 15) is 22.4 Å². The molecule has 0 bridgehead atoms. The number of halogens is 1. The van der Waals surface area contributed by atoms with Gasteiger partial charge in [0.1, 0.15) is 11.9 Å². The fourth-order valence-corrected chi connectivity index (χ4v) is 5.15. The van der Waals surface area contributed by atoms with Crippen LogP contribution in [0.5, 0.6) is 0 Å². The van der Waals surface area contributed by atoms with Gasteiger partial charge in [-0.05, 0) is 68.1 Å². The number of rotatable bonds is 6. The zero-order valence-corrected chi connectivity index (χ0v) is 17.0. The van der Waals surface area contributed by atoms with Gasteiger partial charge in [-0.25, -0.2) is 12.8 Å². The van der Waals surface area contributed by atoms with E-state index >= 15 is 0 Å². The lowest BCUT2D eigenvalue weighted by Gasteiger charge is -2.23. The van der Waals surface area contributed by atoms with E-state index in [-0.39, 0.29) is 23.4 Å². The maximum absolute atomic E-state index is 13.2. The van der Waals surface area contributed by atoms with Gasteiger partial charge in [-0.1, -0.05) is 6.07 Å². The Balaban J connectivity index is 1.48. The first-order valence-corrected chi connectivity index (χ1v) is 11.3. The molecule has 1 heterocycles. The van der Waals surface area contributed by atoms with Crippen LogP contribution in [0.25, 0.3) is 0 Å². The number of carbonyl (C=O) groups excluding carboxylic acids is 2. The first kappa shape index (κ1) is 20.5. The second-order valence-electron chi connectivity index (χ2n) is 7.55. The molecular formula is C21H22FN3O4S. The third kappa shape index (κ3) is 4.36. The molecule has 1 saturated heterocycles. The number of nitrogens with one attached hydrogen (secondary N) is 2. The van der Waals surface area contributed by atoms with Crippen LogP contribution in [0.1, 0.15) is 36.0 Å². The zero-order chi connectivity index (χ0) is 21.3. The Morgan fingerprint density at radius 3 is 2.47 bits per heavy atom. The third-order valence-corrected chi connectivity index (χ3v) is 7.15. The zero-order valence-electron chi connectivity index (χ0n) is 16.2. The minimum atomic E-state index is -3.93. The summed E-state index contributed by atoms with van der Waals surface area (Å²) in [4.78, 5) is 25.0. The Hall–Kier alpha value is -2.78.